The summed E-state index contributed by atoms with van der Waals surface area (Å²) in [6.45, 7) is 5.28. The molecule has 0 aliphatic carbocycles. The van der Waals surface area contributed by atoms with Crippen molar-refractivity contribution in [1.29, 1.82) is 0 Å². The lowest BCUT2D eigenvalue weighted by atomic mass is 10.1. The van der Waals surface area contributed by atoms with Crippen LogP contribution < -0.4 is 0 Å². The number of benzene rings is 2. The number of ether oxygens (including phenoxy) is 1. The standard InChI is InChI=1S/C21H18N6O2/c1-12-10-13(2)26-21(22-12)23-18(24-26)19-25-27(14(3)28)20(29-19)17-9-8-15-6-4-5-7-16(15)11-17/h4-11,20H,1-3H3. The topological polar surface area (TPSA) is 85.0 Å². The van der Waals surface area contributed by atoms with Gasteiger partial charge in [0.05, 0.1) is 0 Å². The quantitative estimate of drug-likeness (QED) is 0.528. The number of hydrogen-bond acceptors (Lipinski definition) is 6. The van der Waals surface area contributed by atoms with Gasteiger partial charge >= 0.3 is 0 Å². The smallest absolute Gasteiger partial charge is 0.281 e. The zero-order chi connectivity index (χ0) is 20.1. The van der Waals surface area contributed by atoms with Crippen molar-refractivity contribution < 1.29 is 9.53 Å². The van der Waals surface area contributed by atoms with Crippen molar-refractivity contribution in [2.45, 2.75) is 27.0 Å². The predicted molar refractivity (Wildman–Crippen MR) is 107 cm³/mol. The van der Waals surface area contributed by atoms with E-state index in [2.05, 4.69) is 20.2 Å². The number of aromatic nitrogens is 4. The summed E-state index contributed by atoms with van der Waals surface area (Å²) in [6.07, 6.45) is -0.672. The summed E-state index contributed by atoms with van der Waals surface area (Å²) in [6, 6.07) is 15.9. The molecule has 1 aliphatic rings. The van der Waals surface area contributed by atoms with E-state index < -0.39 is 6.23 Å². The van der Waals surface area contributed by atoms with Crippen molar-refractivity contribution in [3.05, 3.63) is 71.3 Å². The molecule has 1 aliphatic heterocycles. The summed E-state index contributed by atoms with van der Waals surface area (Å²) in [7, 11) is 0. The van der Waals surface area contributed by atoms with Crippen LogP contribution in [0.25, 0.3) is 16.6 Å². The minimum Gasteiger partial charge on any atom is -0.443 e. The second-order valence-corrected chi connectivity index (χ2v) is 7.03. The van der Waals surface area contributed by atoms with Gasteiger partial charge in [0.25, 0.3) is 11.7 Å². The molecule has 0 bridgehead atoms. The van der Waals surface area contributed by atoms with Gasteiger partial charge in [0.2, 0.25) is 18.0 Å². The Labute approximate surface area is 166 Å². The molecule has 0 spiro atoms. The van der Waals surface area contributed by atoms with Crippen LogP contribution in [-0.4, -0.2) is 36.4 Å². The van der Waals surface area contributed by atoms with Crippen molar-refractivity contribution in [1.82, 2.24) is 24.6 Å². The number of carbonyl (C=O) groups is 1. The molecule has 0 saturated heterocycles. The molecule has 2 aromatic carbocycles. The molecule has 5 rings (SSSR count). The summed E-state index contributed by atoms with van der Waals surface area (Å²) >= 11 is 0. The van der Waals surface area contributed by atoms with Gasteiger partial charge in [-0.25, -0.2) is 9.50 Å². The number of aryl methyl sites for hydroxylation is 2. The highest BCUT2D eigenvalue weighted by Crippen LogP contribution is 2.31. The Kier molecular flexibility index (Phi) is 3.80. The van der Waals surface area contributed by atoms with E-state index in [0.717, 1.165) is 27.7 Å². The Balaban J connectivity index is 1.55. The Morgan fingerprint density at radius 1 is 1.03 bits per heavy atom. The van der Waals surface area contributed by atoms with Gasteiger partial charge in [0, 0.05) is 23.9 Å². The van der Waals surface area contributed by atoms with Crippen LogP contribution >= 0.6 is 0 Å². The number of nitrogens with zero attached hydrogens (tertiary/aromatic N) is 6. The Morgan fingerprint density at radius 3 is 2.62 bits per heavy atom. The lowest BCUT2D eigenvalue weighted by Crippen LogP contribution is -2.25. The summed E-state index contributed by atoms with van der Waals surface area (Å²) in [5.74, 6) is 0.723. The maximum absolute atomic E-state index is 12.2. The fourth-order valence-electron chi connectivity index (χ4n) is 3.49. The van der Waals surface area contributed by atoms with Crippen LogP contribution in [0.2, 0.25) is 0 Å². The van der Waals surface area contributed by atoms with Crippen LogP contribution in [0, 0.1) is 13.8 Å². The molecule has 1 amide bonds. The van der Waals surface area contributed by atoms with Crippen LogP contribution in [0.3, 0.4) is 0 Å². The maximum Gasteiger partial charge on any atom is 0.281 e. The Bertz CT molecular complexity index is 1310. The van der Waals surface area contributed by atoms with Crippen LogP contribution in [0.4, 0.5) is 0 Å². The fraction of sp³-hybridized carbons (Fsp3) is 0.190. The molecule has 4 aromatic rings. The van der Waals surface area contributed by atoms with E-state index in [-0.39, 0.29) is 11.8 Å². The molecule has 1 atom stereocenters. The van der Waals surface area contributed by atoms with Gasteiger partial charge in [-0.15, -0.1) is 10.2 Å². The summed E-state index contributed by atoms with van der Waals surface area (Å²) in [5.41, 5.74) is 2.58. The zero-order valence-electron chi connectivity index (χ0n) is 16.2. The molecule has 2 aromatic heterocycles. The maximum atomic E-state index is 12.2. The van der Waals surface area contributed by atoms with Crippen LogP contribution in [-0.2, 0) is 9.53 Å². The molecule has 0 radical (unpaired) electrons. The predicted octanol–water partition coefficient (Wildman–Crippen LogP) is 3.13. The highest BCUT2D eigenvalue weighted by molar-refractivity contribution is 5.93. The minimum atomic E-state index is -0.672. The average Bonchev–Trinajstić information content (AvgIpc) is 3.32. The average molecular weight is 386 g/mol. The number of carbonyl (C=O) groups excluding carboxylic acids is 1. The number of amides is 1. The Hall–Kier alpha value is -3.81. The molecule has 0 N–H and O–H groups in total. The lowest BCUT2D eigenvalue weighted by Gasteiger charge is -2.19. The molecule has 144 valence electrons. The third-order valence-corrected chi connectivity index (χ3v) is 4.83. The van der Waals surface area contributed by atoms with Crippen molar-refractivity contribution in [3.8, 4) is 0 Å². The first kappa shape index (κ1) is 17.3. The molecule has 8 heteroatoms. The van der Waals surface area contributed by atoms with Gasteiger partial charge in [0.1, 0.15) is 0 Å². The van der Waals surface area contributed by atoms with E-state index in [1.54, 1.807) is 4.52 Å². The minimum absolute atomic E-state index is 0.195. The van der Waals surface area contributed by atoms with Crippen molar-refractivity contribution >= 4 is 28.4 Å². The van der Waals surface area contributed by atoms with Crippen molar-refractivity contribution in [3.63, 3.8) is 0 Å². The molecule has 0 fully saturated rings. The lowest BCUT2D eigenvalue weighted by molar-refractivity contribution is -0.135. The van der Waals surface area contributed by atoms with Crippen LogP contribution in [0.5, 0.6) is 0 Å². The first-order valence-corrected chi connectivity index (χ1v) is 9.25. The third-order valence-electron chi connectivity index (χ3n) is 4.83. The highest BCUT2D eigenvalue weighted by Gasteiger charge is 2.35. The molecule has 3 heterocycles. The fourth-order valence-corrected chi connectivity index (χ4v) is 3.49. The summed E-state index contributed by atoms with van der Waals surface area (Å²) < 4.78 is 7.68. The van der Waals surface area contributed by atoms with Crippen molar-refractivity contribution in [2.75, 3.05) is 0 Å². The van der Waals surface area contributed by atoms with E-state index in [1.807, 2.05) is 62.4 Å². The van der Waals surface area contributed by atoms with Gasteiger partial charge in [-0.05, 0) is 36.8 Å². The molecular formula is C21H18N6O2. The second kappa shape index (κ2) is 6.37. The SMILES string of the molecule is CC(=O)N1N=C(c2nc3nc(C)cc(C)n3n2)OC1c1ccc2ccccc2c1. The molecule has 0 saturated carbocycles. The zero-order valence-corrected chi connectivity index (χ0v) is 16.2. The van der Waals surface area contributed by atoms with Gasteiger partial charge in [-0.1, -0.05) is 36.4 Å². The van der Waals surface area contributed by atoms with Crippen LogP contribution in [0.1, 0.15) is 35.9 Å². The number of hydrogen-bond donors (Lipinski definition) is 0. The molecular weight excluding hydrogens is 368 g/mol. The van der Waals surface area contributed by atoms with Gasteiger partial charge in [0.15, 0.2) is 0 Å². The first-order valence-electron chi connectivity index (χ1n) is 9.25. The van der Waals surface area contributed by atoms with Crippen molar-refractivity contribution in [2.24, 2.45) is 5.10 Å². The van der Waals surface area contributed by atoms with Gasteiger partial charge in [-0.2, -0.15) is 9.99 Å². The molecule has 8 nitrogen and oxygen atoms in total. The van der Waals surface area contributed by atoms with Gasteiger partial charge in [-0.3, -0.25) is 4.79 Å². The van der Waals surface area contributed by atoms with E-state index in [9.17, 15) is 4.79 Å². The second-order valence-electron chi connectivity index (χ2n) is 7.03. The van der Waals surface area contributed by atoms with Gasteiger partial charge < -0.3 is 4.74 Å². The van der Waals surface area contributed by atoms with E-state index >= 15 is 0 Å². The van der Waals surface area contributed by atoms with Crippen LogP contribution in [0.15, 0.2) is 53.6 Å². The molecule has 1 unspecified atom stereocenters. The summed E-state index contributed by atoms with van der Waals surface area (Å²) in [5, 5.41) is 12.3. The number of hydrazone groups is 1. The summed E-state index contributed by atoms with van der Waals surface area (Å²) in [4.78, 5) is 21.0. The number of fused-ring (bicyclic) bond motifs is 2. The Morgan fingerprint density at radius 2 is 1.83 bits per heavy atom. The van der Waals surface area contributed by atoms with E-state index in [1.165, 1.54) is 11.9 Å². The monoisotopic (exact) mass is 386 g/mol. The van der Waals surface area contributed by atoms with E-state index in [4.69, 9.17) is 4.74 Å². The largest absolute Gasteiger partial charge is 0.443 e. The first-order chi connectivity index (χ1) is 14.0. The van der Waals surface area contributed by atoms with E-state index in [0.29, 0.717) is 11.6 Å². The number of rotatable bonds is 2. The normalized spacial score (nSPS) is 16.3. The molecule has 29 heavy (non-hydrogen) atoms. The highest BCUT2D eigenvalue weighted by atomic mass is 16.5. The third kappa shape index (κ3) is 2.89.